The maximum atomic E-state index is 3.67. The highest BCUT2D eigenvalue weighted by Crippen LogP contribution is 2.68. The standard InChI is InChI=1S/C30H53Br/c1-21(2)8-6-9-22(3)26-13-14-27-25-12-11-24-20-23(10-7-19-31)15-17-29(24,4)28(25)16-18-30(26,27)5/h21-28H,6-20H2,1-5H3/t22-,23?,24?,25+,26-,27+,28+,29+,30-/m1/s1. The molecule has 0 N–H and O–H groups in total. The molecule has 0 saturated heterocycles. The zero-order valence-corrected chi connectivity index (χ0v) is 23.2. The largest absolute Gasteiger partial charge is 0.0928 e. The summed E-state index contributed by atoms with van der Waals surface area (Å²) < 4.78 is 0. The fourth-order valence-corrected chi connectivity index (χ4v) is 10.3. The van der Waals surface area contributed by atoms with Crippen molar-refractivity contribution < 1.29 is 0 Å². The minimum Gasteiger partial charge on any atom is -0.0928 e. The minimum absolute atomic E-state index is 0.661. The Morgan fingerprint density at radius 2 is 1.55 bits per heavy atom. The second-order valence-corrected chi connectivity index (χ2v) is 14.5. The Bertz CT molecular complexity index is 583. The van der Waals surface area contributed by atoms with E-state index in [1.165, 1.54) is 43.9 Å². The number of halogens is 1. The Labute approximate surface area is 203 Å². The molecular weight excluding hydrogens is 440 g/mol. The third kappa shape index (κ3) is 4.71. The third-order valence-corrected chi connectivity index (χ3v) is 12.3. The summed E-state index contributed by atoms with van der Waals surface area (Å²) in [5, 5.41) is 1.20. The van der Waals surface area contributed by atoms with Crippen LogP contribution in [0.2, 0.25) is 0 Å². The van der Waals surface area contributed by atoms with Gasteiger partial charge in [0, 0.05) is 5.33 Å². The van der Waals surface area contributed by atoms with E-state index in [-0.39, 0.29) is 0 Å². The molecule has 180 valence electrons. The summed E-state index contributed by atoms with van der Waals surface area (Å²) in [5.41, 5.74) is 1.34. The van der Waals surface area contributed by atoms with Crippen molar-refractivity contribution in [3.63, 3.8) is 0 Å². The SMILES string of the molecule is CC(C)CCC[C@@H](C)[C@H]1CC[C@H]2[C@@H]3CCC4CC(CCCBr)CC[C@]4(C)[C@H]3CC[C@]12C. The molecular formula is C30H53Br. The number of hydrogen-bond donors (Lipinski definition) is 0. The summed E-state index contributed by atoms with van der Waals surface area (Å²) in [5.74, 6) is 8.07. The molecule has 4 saturated carbocycles. The van der Waals surface area contributed by atoms with Crippen LogP contribution in [0.3, 0.4) is 0 Å². The molecule has 0 aromatic heterocycles. The maximum absolute atomic E-state index is 3.67. The summed E-state index contributed by atoms with van der Waals surface area (Å²) in [4.78, 5) is 0. The van der Waals surface area contributed by atoms with Gasteiger partial charge in [-0.3, -0.25) is 0 Å². The van der Waals surface area contributed by atoms with Crippen molar-refractivity contribution in [1.82, 2.24) is 0 Å². The second kappa shape index (κ2) is 10.00. The van der Waals surface area contributed by atoms with E-state index in [4.69, 9.17) is 0 Å². The van der Waals surface area contributed by atoms with Gasteiger partial charge in [-0.25, -0.2) is 0 Å². The van der Waals surface area contributed by atoms with Gasteiger partial charge in [0.1, 0.15) is 0 Å². The van der Waals surface area contributed by atoms with Gasteiger partial charge in [-0.2, -0.15) is 0 Å². The lowest BCUT2D eigenvalue weighted by Gasteiger charge is -2.61. The van der Waals surface area contributed by atoms with Crippen molar-refractivity contribution in [2.45, 2.75) is 125 Å². The lowest BCUT2D eigenvalue weighted by atomic mass is 9.44. The lowest BCUT2D eigenvalue weighted by molar-refractivity contribution is -0.121. The smallest absolute Gasteiger partial charge is 0.00314 e. The summed E-state index contributed by atoms with van der Waals surface area (Å²) >= 11 is 3.67. The van der Waals surface area contributed by atoms with Gasteiger partial charge in [0.15, 0.2) is 0 Å². The zero-order valence-electron chi connectivity index (χ0n) is 21.6. The third-order valence-electron chi connectivity index (χ3n) is 11.7. The van der Waals surface area contributed by atoms with E-state index < -0.39 is 0 Å². The van der Waals surface area contributed by atoms with Crippen molar-refractivity contribution in [3.05, 3.63) is 0 Å². The molecule has 2 unspecified atom stereocenters. The molecule has 4 aliphatic rings. The zero-order chi connectivity index (χ0) is 22.2. The van der Waals surface area contributed by atoms with Crippen LogP contribution in [-0.4, -0.2) is 5.33 Å². The van der Waals surface area contributed by atoms with Gasteiger partial charge < -0.3 is 0 Å². The van der Waals surface area contributed by atoms with Crippen LogP contribution >= 0.6 is 15.9 Å². The first kappa shape index (κ1) is 24.6. The van der Waals surface area contributed by atoms with Crippen LogP contribution in [0, 0.1) is 58.2 Å². The molecule has 0 aromatic rings. The van der Waals surface area contributed by atoms with E-state index in [9.17, 15) is 0 Å². The Morgan fingerprint density at radius 1 is 0.806 bits per heavy atom. The molecule has 4 aliphatic carbocycles. The van der Waals surface area contributed by atoms with E-state index in [1.54, 1.807) is 51.4 Å². The van der Waals surface area contributed by atoms with Gasteiger partial charge >= 0.3 is 0 Å². The molecule has 0 aliphatic heterocycles. The molecule has 0 heterocycles. The van der Waals surface area contributed by atoms with Crippen LogP contribution in [0.4, 0.5) is 0 Å². The number of hydrogen-bond acceptors (Lipinski definition) is 0. The Morgan fingerprint density at radius 3 is 2.29 bits per heavy atom. The van der Waals surface area contributed by atoms with Crippen LogP contribution in [0.5, 0.6) is 0 Å². The molecule has 0 bridgehead atoms. The normalized spacial score (nSPS) is 45.8. The predicted molar refractivity (Wildman–Crippen MR) is 140 cm³/mol. The number of fused-ring (bicyclic) bond motifs is 5. The summed E-state index contributed by atoms with van der Waals surface area (Å²) in [6.07, 6.45) is 21.2. The van der Waals surface area contributed by atoms with Gasteiger partial charge in [0.25, 0.3) is 0 Å². The van der Waals surface area contributed by atoms with Crippen LogP contribution in [0.1, 0.15) is 125 Å². The van der Waals surface area contributed by atoms with Crippen LogP contribution < -0.4 is 0 Å². The second-order valence-electron chi connectivity index (χ2n) is 13.7. The molecule has 0 radical (unpaired) electrons. The number of alkyl halides is 1. The van der Waals surface area contributed by atoms with E-state index in [2.05, 4.69) is 50.5 Å². The molecule has 0 aromatic carbocycles. The van der Waals surface area contributed by atoms with E-state index >= 15 is 0 Å². The van der Waals surface area contributed by atoms with Crippen LogP contribution in [0.15, 0.2) is 0 Å². The van der Waals surface area contributed by atoms with Crippen molar-refractivity contribution in [1.29, 1.82) is 0 Å². The fourth-order valence-electron chi connectivity index (χ4n) is 10.00. The van der Waals surface area contributed by atoms with Crippen molar-refractivity contribution >= 4 is 15.9 Å². The molecule has 0 spiro atoms. The predicted octanol–water partition coefficient (Wildman–Crippen LogP) is 9.90. The van der Waals surface area contributed by atoms with Gasteiger partial charge in [0.2, 0.25) is 0 Å². The van der Waals surface area contributed by atoms with Crippen LogP contribution in [-0.2, 0) is 0 Å². The first-order valence-electron chi connectivity index (χ1n) is 14.4. The Hall–Kier alpha value is 0.480. The van der Waals surface area contributed by atoms with Crippen molar-refractivity contribution in [2.24, 2.45) is 58.2 Å². The molecule has 0 amide bonds. The van der Waals surface area contributed by atoms with Crippen LogP contribution in [0.25, 0.3) is 0 Å². The molecule has 4 rings (SSSR count). The average molecular weight is 494 g/mol. The van der Waals surface area contributed by atoms with Crippen molar-refractivity contribution in [3.8, 4) is 0 Å². The summed E-state index contributed by atoms with van der Waals surface area (Å²) in [7, 11) is 0. The van der Waals surface area contributed by atoms with Gasteiger partial charge in [0.05, 0.1) is 0 Å². The highest BCUT2D eigenvalue weighted by Gasteiger charge is 2.60. The Kier molecular flexibility index (Phi) is 7.93. The van der Waals surface area contributed by atoms with E-state index in [0.717, 1.165) is 47.3 Å². The first-order chi connectivity index (χ1) is 14.8. The quantitative estimate of drug-likeness (QED) is 0.295. The fraction of sp³-hybridized carbons (Fsp3) is 1.00. The molecule has 9 atom stereocenters. The lowest BCUT2D eigenvalue weighted by Crippen LogP contribution is -2.53. The van der Waals surface area contributed by atoms with Gasteiger partial charge in [-0.1, -0.05) is 69.8 Å². The Balaban J connectivity index is 1.41. The van der Waals surface area contributed by atoms with Gasteiger partial charge in [-0.05, 0) is 129 Å². The topological polar surface area (TPSA) is 0 Å². The number of rotatable bonds is 8. The highest BCUT2D eigenvalue weighted by atomic mass is 79.9. The molecule has 0 nitrogen and oxygen atoms in total. The van der Waals surface area contributed by atoms with E-state index in [1.807, 2.05) is 0 Å². The van der Waals surface area contributed by atoms with Gasteiger partial charge in [-0.15, -0.1) is 0 Å². The highest BCUT2D eigenvalue weighted by molar-refractivity contribution is 9.09. The van der Waals surface area contributed by atoms with Crippen molar-refractivity contribution in [2.75, 3.05) is 5.33 Å². The monoisotopic (exact) mass is 492 g/mol. The minimum atomic E-state index is 0.661. The summed E-state index contributed by atoms with van der Waals surface area (Å²) in [6, 6.07) is 0. The van der Waals surface area contributed by atoms with E-state index in [0.29, 0.717) is 10.8 Å². The molecule has 4 fully saturated rings. The first-order valence-corrected chi connectivity index (χ1v) is 15.5. The maximum Gasteiger partial charge on any atom is 0.00314 e. The molecule has 1 heteroatoms. The summed E-state index contributed by atoms with van der Waals surface area (Å²) in [6.45, 7) is 12.9. The molecule has 31 heavy (non-hydrogen) atoms. The average Bonchev–Trinajstić information content (AvgIpc) is 3.09.